The fourth-order valence-corrected chi connectivity index (χ4v) is 3.14. The minimum absolute atomic E-state index is 0.641. The van der Waals surface area contributed by atoms with Gasteiger partial charge in [0.15, 0.2) is 0 Å². The Bertz CT molecular complexity index is 345. The van der Waals surface area contributed by atoms with Gasteiger partial charge in [-0.2, -0.15) is 0 Å². The van der Waals surface area contributed by atoms with E-state index in [-0.39, 0.29) is 0 Å². The highest BCUT2D eigenvalue weighted by Crippen LogP contribution is 2.26. The third-order valence-corrected chi connectivity index (χ3v) is 4.70. The van der Waals surface area contributed by atoms with Crippen LogP contribution in [0.25, 0.3) is 0 Å². The second-order valence-corrected chi connectivity index (χ2v) is 6.01. The van der Waals surface area contributed by atoms with Crippen LogP contribution in [-0.4, -0.2) is 6.04 Å². The summed E-state index contributed by atoms with van der Waals surface area (Å²) < 4.78 is 1.21. The van der Waals surface area contributed by atoms with Gasteiger partial charge in [0.1, 0.15) is 0 Å². The Morgan fingerprint density at radius 2 is 1.94 bits per heavy atom. The summed E-state index contributed by atoms with van der Waals surface area (Å²) >= 11 is 3.60. The van der Waals surface area contributed by atoms with Crippen LogP contribution < -0.4 is 5.32 Å². The number of rotatable bonds is 4. The molecule has 1 saturated carbocycles. The normalized spacial score (nSPS) is 19.2. The van der Waals surface area contributed by atoms with Crippen molar-refractivity contribution in [3.05, 3.63) is 34.3 Å². The first-order valence-electron chi connectivity index (χ1n) is 6.74. The Balaban J connectivity index is 1.83. The molecule has 0 radical (unpaired) electrons. The molecule has 1 N–H and O–H groups in total. The zero-order valence-corrected chi connectivity index (χ0v) is 12.2. The highest BCUT2D eigenvalue weighted by atomic mass is 79.9. The monoisotopic (exact) mass is 295 g/mol. The van der Waals surface area contributed by atoms with Crippen LogP contribution in [-0.2, 0) is 6.54 Å². The topological polar surface area (TPSA) is 12.0 Å². The third-order valence-electron chi connectivity index (χ3n) is 3.93. The molecule has 0 saturated heterocycles. The molecule has 0 aliphatic heterocycles. The molecule has 1 aliphatic rings. The number of hydrogen-bond donors (Lipinski definition) is 1. The van der Waals surface area contributed by atoms with Crippen molar-refractivity contribution < 1.29 is 0 Å². The van der Waals surface area contributed by atoms with Crippen molar-refractivity contribution in [2.45, 2.75) is 51.6 Å². The molecule has 0 aromatic heterocycles. The minimum atomic E-state index is 0.641. The molecule has 1 unspecified atom stereocenters. The maximum atomic E-state index is 3.68. The van der Waals surface area contributed by atoms with Crippen LogP contribution in [0.1, 0.15) is 44.6 Å². The van der Waals surface area contributed by atoms with Crippen LogP contribution in [0.3, 0.4) is 0 Å². The lowest BCUT2D eigenvalue weighted by atomic mass is 9.84. The molecular weight excluding hydrogens is 274 g/mol. The van der Waals surface area contributed by atoms with Crippen LogP contribution in [0.2, 0.25) is 0 Å². The lowest BCUT2D eigenvalue weighted by Gasteiger charge is -2.28. The van der Waals surface area contributed by atoms with Crippen LogP contribution in [0.4, 0.5) is 0 Å². The molecule has 1 fully saturated rings. The molecule has 1 aliphatic carbocycles. The van der Waals surface area contributed by atoms with E-state index >= 15 is 0 Å². The lowest BCUT2D eigenvalue weighted by molar-refractivity contribution is 0.280. The fourth-order valence-electron chi connectivity index (χ4n) is 2.71. The molecule has 0 heterocycles. The van der Waals surface area contributed by atoms with Gasteiger partial charge in [-0.05, 0) is 37.3 Å². The van der Waals surface area contributed by atoms with Crippen molar-refractivity contribution in [2.24, 2.45) is 5.92 Å². The maximum Gasteiger partial charge on any atom is 0.0220 e. The quantitative estimate of drug-likeness (QED) is 0.862. The van der Waals surface area contributed by atoms with Crippen molar-refractivity contribution in [2.75, 3.05) is 0 Å². The predicted octanol–water partition coefficient (Wildman–Crippen LogP) is 4.51. The average molecular weight is 296 g/mol. The number of benzene rings is 1. The van der Waals surface area contributed by atoms with Crippen molar-refractivity contribution in [3.63, 3.8) is 0 Å². The summed E-state index contributed by atoms with van der Waals surface area (Å²) in [4.78, 5) is 0. The smallest absolute Gasteiger partial charge is 0.0220 e. The first-order valence-corrected chi connectivity index (χ1v) is 7.53. The van der Waals surface area contributed by atoms with Gasteiger partial charge in [-0.25, -0.2) is 0 Å². The first kappa shape index (κ1) is 13.1. The molecule has 0 spiro atoms. The van der Waals surface area contributed by atoms with Crippen LogP contribution in [0, 0.1) is 5.92 Å². The van der Waals surface area contributed by atoms with Crippen LogP contribution in [0.5, 0.6) is 0 Å². The molecule has 1 aromatic rings. The summed E-state index contributed by atoms with van der Waals surface area (Å²) in [5.41, 5.74) is 1.36. The fraction of sp³-hybridized carbons (Fsp3) is 0.600. The molecule has 2 heteroatoms. The molecule has 1 aromatic carbocycles. The van der Waals surface area contributed by atoms with Gasteiger partial charge in [0, 0.05) is 17.1 Å². The van der Waals surface area contributed by atoms with Crippen LogP contribution in [0.15, 0.2) is 28.7 Å². The Kier molecular flexibility index (Phi) is 5.05. The van der Waals surface area contributed by atoms with Gasteiger partial charge in [-0.15, -0.1) is 0 Å². The highest BCUT2D eigenvalue weighted by molar-refractivity contribution is 9.10. The highest BCUT2D eigenvalue weighted by Gasteiger charge is 2.19. The van der Waals surface area contributed by atoms with Gasteiger partial charge >= 0.3 is 0 Å². The van der Waals surface area contributed by atoms with E-state index < -0.39 is 0 Å². The lowest BCUT2D eigenvalue weighted by Crippen LogP contribution is -2.34. The first-order chi connectivity index (χ1) is 8.27. The second-order valence-electron chi connectivity index (χ2n) is 5.16. The van der Waals surface area contributed by atoms with E-state index in [0.29, 0.717) is 6.04 Å². The zero-order chi connectivity index (χ0) is 12.1. The zero-order valence-electron chi connectivity index (χ0n) is 10.6. The van der Waals surface area contributed by atoms with E-state index in [1.165, 1.54) is 42.1 Å². The Morgan fingerprint density at radius 3 is 2.65 bits per heavy atom. The summed E-state index contributed by atoms with van der Waals surface area (Å²) in [6, 6.07) is 9.11. The SMILES string of the molecule is CC(NCc1ccccc1Br)C1CCCCC1. The van der Waals surface area contributed by atoms with Gasteiger partial charge in [-0.1, -0.05) is 53.4 Å². The van der Waals surface area contributed by atoms with E-state index in [1.54, 1.807) is 0 Å². The van der Waals surface area contributed by atoms with Crippen molar-refractivity contribution in [1.29, 1.82) is 0 Å². The Labute approximate surface area is 113 Å². The summed E-state index contributed by atoms with van der Waals surface area (Å²) in [5.74, 6) is 0.881. The van der Waals surface area contributed by atoms with Crippen LogP contribution >= 0.6 is 15.9 Å². The third kappa shape index (κ3) is 3.82. The van der Waals surface area contributed by atoms with E-state index in [4.69, 9.17) is 0 Å². The average Bonchev–Trinajstić information content (AvgIpc) is 2.38. The summed E-state index contributed by atoms with van der Waals surface area (Å²) in [6.07, 6.45) is 7.10. The molecule has 0 amide bonds. The summed E-state index contributed by atoms with van der Waals surface area (Å²) in [5, 5.41) is 3.68. The van der Waals surface area contributed by atoms with Gasteiger partial charge < -0.3 is 5.32 Å². The Hall–Kier alpha value is -0.340. The van der Waals surface area contributed by atoms with Gasteiger partial charge in [-0.3, -0.25) is 0 Å². The molecule has 1 atom stereocenters. The maximum absolute atomic E-state index is 3.68. The summed E-state index contributed by atoms with van der Waals surface area (Å²) in [6.45, 7) is 3.31. The van der Waals surface area contributed by atoms with Gasteiger partial charge in [0.25, 0.3) is 0 Å². The van der Waals surface area contributed by atoms with Crippen molar-refractivity contribution in [1.82, 2.24) is 5.32 Å². The number of hydrogen-bond acceptors (Lipinski definition) is 1. The predicted molar refractivity (Wildman–Crippen MR) is 77.0 cm³/mol. The van der Waals surface area contributed by atoms with E-state index in [2.05, 4.69) is 52.4 Å². The van der Waals surface area contributed by atoms with Crippen molar-refractivity contribution in [3.8, 4) is 0 Å². The van der Waals surface area contributed by atoms with E-state index in [9.17, 15) is 0 Å². The standard InChI is InChI=1S/C15H22BrN/c1-12(13-7-3-2-4-8-13)17-11-14-9-5-6-10-15(14)16/h5-6,9-10,12-13,17H,2-4,7-8,11H2,1H3. The van der Waals surface area contributed by atoms with E-state index in [0.717, 1.165) is 12.5 Å². The van der Waals surface area contributed by atoms with E-state index in [1.807, 2.05) is 0 Å². The molecule has 94 valence electrons. The molecule has 17 heavy (non-hydrogen) atoms. The minimum Gasteiger partial charge on any atom is -0.310 e. The molecule has 2 rings (SSSR count). The van der Waals surface area contributed by atoms with Crippen molar-refractivity contribution >= 4 is 15.9 Å². The molecule has 0 bridgehead atoms. The van der Waals surface area contributed by atoms with Gasteiger partial charge in [0.2, 0.25) is 0 Å². The summed E-state index contributed by atoms with van der Waals surface area (Å²) in [7, 11) is 0. The van der Waals surface area contributed by atoms with Gasteiger partial charge in [0.05, 0.1) is 0 Å². The largest absolute Gasteiger partial charge is 0.310 e. The number of nitrogens with one attached hydrogen (secondary N) is 1. The molecular formula is C15H22BrN. The second kappa shape index (κ2) is 6.55. The molecule has 1 nitrogen and oxygen atoms in total. The Morgan fingerprint density at radius 1 is 1.24 bits per heavy atom. The number of halogens is 1.